The summed E-state index contributed by atoms with van der Waals surface area (Å²) in [7, 11) is 0. The first-order chi connectivity index (χ1) is 11.3. The van der Waals surface area contributed by atoms with Crippen LogP contribution in [0.2, 0.25) is 0 Å². The fraction of sp³-hybridized carbons (Fsp3) is 0.600. The summed E-state index contributed by atoms with van der Waals surface area (Å²) in [4.78, 5) is 10.4. The average molecular weight is 341 g/mol. The highest BCUT2D eigenvalue weighted by atomic mass is 19.4. The molecule has 0 amide bonds. The number of rotatable bonds is 1. The van der Waals surface area contributed by atoms with Crippen molar-refractivity contribution < 1.29 is 17.6 Å². The number of halogens is 3. The van der Waals surface area contributed by atoms with Gasteiger partial charge in [0.05, 0.1) is 5.92 Å². The van der Waals surface area contributed by atoms with Gasteiger partial charge in [0.1, 0.15) is 11.3 Å². The van der Waals surface area contributed by atoms with Crippen molar-refractivity contribution in [3.63, 3.8) is 0 Å². The lowest BCUT2D eigenvalue weighted by molar-refractivity contribution is -0.177. The molecule has 9 heteroatoms. The lowest BCUT2D eigenvalue weighted by atomic mass is 9.87. The Hall–Kier alpha value is -2.03. The summed E-state index contributed by atoms with van der Waals surface area (Å²) < 4.78 is 45.1. The Bertz CT molecular complexity index is 787. The molecule has 0 aromatic carbocycles. The molecule has 24 heavy (non-hydrogen) atoms. The van der Waals surface area contributed by atoms with E-state index in [0.717, 1.165) is 6.42 Å². The maximum absolute atomic E-state index is 13.1. The molecule has 1 aliphatic heterocycles. The van der Waals surface area contributed by atoms with Crippen LogP contribution in [0.1, 0.15) is 24.2 Å². The molecule has 3 heterocycles. The molecular weight excluding hydrogens is 323 g/mol. The first kappa shape index (κ1) is 15.5. The molecule has 6 nitrogen and oxygen atoms in total. The largest absolute Gasteiger partial charge is 0.455 e. The van der Waals surface area contributed by atoms with Crippen molar-refractivity contribution in [2.45, 2.75) is 37.9 Å². The summed E-state index contributed by atoms with van der Waals surface area (Å²) in [6, 6.07) is 0.0374. The first-order valence-electron chi connectivity index (χ1n) is 7.98. The van der Waals surface area contributed by atoms with E-state index in [0.29, 0.717) is 41.3 Å². The van der Waals surface area contributed by atoms with E-state index in [-0.39, 0.29) is 31.3 Å². The predicted octanol–water partition coefficient (Wildman–Crippen LogP) is 2.01. The van der Waals surface area contributed by atoms with Gasteiger partial charge in [-0.05, 0) is 19.3 Å². The van der Waals surface area contributed by atoms with Gasteiger partial charge in [0, 0.05) is 31.1 Å². The summed E-state index contributed by atoms with van der Waals surface area (Å²) in [5, 5.41) is 0. The van der Waals surface area contributed by atoms with Crippen molar-refractivity contribution in [3.8, 4) is 0 Å². The molecule has 0 saturated carbocycles. The molecule has 0 radical (unpaired) electrons. The van der Waals surface area contributed by atoms with Crippen LogP contribution in [0.4, 0.5) is 24.9 Å². The van der Waals surface area contributed by atoms with Crippen molar-refractivity contribution in [2.75, 3.05) is 23.7 Å². The van der Waals surface area contributed by atoms with Gasteiger partial charge in [-0.3, -0.25) is 0 Å². The van der Waals surface area contributed by atoms with E-state index in [9.17, 15) is 13.2 Å². The fourth-order valence-corrected chi connectivity index (χ4v) is 3.61. The van der Waals surface area contributed by atoms with Gasteiger partial charge in [0.25, 0.3) is 0 Å². The molecule has 130 valence electrons. The molecule has 4 rings (SSSR count). The Kier molecular flexibility index (Phi) is 3.38. The number of nitrogens with two attached hydrogens (primary N) is 2. The number of hydrogen-bond donors (Lipinski definition) is 2. The van der Waals surface area contributed by atoms with Crippen molar-refractivity contribution in [2.24, 2.45) is 11.7 Å². The Labute approximate surface area is 136 Å². The molecule has 2 aromatic rings. The highest BCUT2D eigenvalue weighted by Crippen LogP contribution is 2.42. The van der Waals surface area contributed by atoms with Crippen molar-refractivity contribution in [3.05, 3.63) is 11.3 Å². The second-order valence-electron chi connectivity index (χ2n) is 6.56. The smallest absolute Gasteiger partial charge is 0.392 e. The Morgan fingerprint density at radius 3 is 2.67 bits per heavy atom. The fourth-order valence-electron chi connectivity index (χ4n) is 3.61. The summed E-state index contributed by atoms with van der Waals surface area (Å²) in [5.41, 5.74) is 13.1. The second-order valence-corrected chi connectivity index (χ2v) is 6.56. The predicted molar refractivity (Wildman–Crippen MR) is 82.6 cm³/mol. The number of nitrogen functional groups attached to an aromatic ring is 1. The number of hydrogen-bond acceptors (Lipinski definition) is 6. The minimum Gasteiger partial charge on any atom is -0.455 e. The topological polar surface area (TPSA) is 94.2 Å². The number of aryl methyl sites for hydroxylation is 1. The van der Waals surface area contributed by atoms with Crippen LogP contribution < -0.4 is 16.4 Å². The maximum atomic E-state index is 13.1. The van der Waals surface area contributed by atoms with Crippen LogP contribution in [0.15, 0.2) is 4.42 Å². The third kappa shape index (κ3) is 2.47. The molecule has 2 aliphatic rings. The Balaban J connectivity index is 1.80. The molecule has 0 spiro atoms. The molecular formula is C15H18F3N5O. The van der Waals surface area contributed by atoms with Crippen LogP contribution in [0, 0.1) is 5.92 Å². The number of nitrogens with zero attached hydrogens (tertiary/aromatic N) is 3. The number of alkyl halides is 3. The zero-order valence-electron chi connectivity index (χ0n) is 12.9. The van der Waals surface area contributed by atoms with E-state index in [4.69, 9.17) is 15.9 Å². The van der Waals surface area contributed by atoms with E-state index in [1.54, 1.807) is 0 Å². The molecule has 1 fully saturated rings. The van der Waals surface area contributed by atoms with Gasteiger partial charge < -0.3 is 20.8 Å². The lowest BCUT2D eigenvalue weighted by Gasteiger charge is -2.23. The number of fused-ring (bicyclic) bond motifs is 3. The number of aromatic nitrogens is 2. The van der Waals surface area contributed by atoms with Gasteiger partial charge >= 0.3 is 6.18 Å². The summed E-state index contributed by atoms with van der Waals surface area (Å²) >= 11 is 0. The minimum absolute atomic E-state index is 0.0309. The van der Waals surface area contributed by atoms with Gasteiger partial charge in [-0.25, -0.2) is 4.98 Å². The van der Waals surface area contributed by atoms with Crippen LogP contribution in [0.5, 0.6) is 0 Å². The standard InChI is InChI=1S/C15H18F3N5O/c16-15(17,18)7-1-2-10-9(5-7)11-12(24-10)13(22-14(20)21-11)23-4-3-8(19)6-23/h7-8H,1-6,19H2,(H2,20,21,22)/t7?,8-/m1/s1. The zero-order valence-corrected chi connectivity index (χ0v) is 12.9. The molecule has 0 bridgehead atoms. The van der Waals surface area contributed by atoms with Gasteiger partial charge in [0.2, 0.25) is 5.95 Å². The first-order valence-corrected chi connectivity index (χ1v) is 7.98. The van der Waals surface area contributed by atoms with Gasteiger partial charge in [0.15, 0.2) is 11.4 Å². The van der Waals surface area contributed by atoms with E-state index in [1.165, 1.54) is 0 Å². The third-order valence-electron chi connectivity index (χ3n) is 4.87. The van der Waals surface area contributed by atoms with Crippen LogP contribution >= 0.6 is 0 Å². The molecule has 1 saturated heterocycles. The van der Waals surface area contributed by atoms with Gasteiger partial charge in [-0.15, -0.1) is 0 Å². The molecule has 4 N–H and O–H groups in total. The van der Waals surface area contributed by atoms with Gasteiger partial charge in [-0.2, -0.15) is 18.2 Å². The molecule has 2 atom stereocenters. The molecule has 1 aliphatic carbocycles. The van der Waals surface area contributed by atoms with Crippen LogP contribution in [0.3, 0.4) is 0 Å². The average Bonchev–Trinajstić information content (AvgIpc) is 3.09. The zero-order chi connectivity index (χ0) is 17.1. The van der Waals surface area contributed by atoms with Crippen molar-refractivity contribution in [1.82, 2.24) is 9.97 Å². The van der Waals surface area contributed by atoms with Crippen LogP contribution in [-0.2, 0) is 12.8 Å². The second kappa shape index (κ2) is 5.23. The highest BCUT2D eigenvalue weighted by molar-refractivity contribution is 5.89. The summed E-state index contributed by atoms with van der Waals surface area (Å²) in [6.45, 7) is 1.32. The molecule has 2 aromatic heterocycles. The molecule has 1 unspecified atom stereocenters. The lowest BCUT2D eigenvalue weighted by Crippen LogP contribution is -2.28. The summed E-state index contributed by atoms with van der Waals surface area (Å²) in [6.07, 6.45) is -3.24. The SMILES string of the molecule is Nc1nc(N2CC[C@@H](N)C2)c2oc3c(c2n1)CC(C(F)(F)F)CC3. The Morgan fingerprint density at radius 2 is 2.00 bits per heavy atom. The van der Waals surface area contributed by atoms with Crippen molar-refractivity contribution in [1.29, 1.82) is 0 Å². The van der Waals surface area contributed by atoms with E-state index >= 15 is 0 Å². The summed E-state index contributed by atoms with van der Waals surface area (Å²) in [5.74, 6) is -0.236. The normalized spacial score (nSPS) is 24.6. The van der Waals surface area contributed by atoms with Crippen molar-refractivity contribution >= 4 is 22.9 Å². The van der Waals surface area contributed by atoms with E-state index in [2.05, 4.69) is 9.97 Å². The van der Waals surface area contributed by atoms with E-state index < -0.39 is 12.1 Å². The Morgan fingerprint density at radius 1 is 1.21 bits per heavy atom. The maximum Gasteiger partial charge on any atom is 0.392 e. The van der Waals surface area contributed by atoms with Gasteiger partial charge in [-0.1, -0.05) is 0 Å². The van der Waals surface area contributed by atoms with Crippen LogP contribution in [-0.4, -0.2) is 35.3 Å². The highest BCUT2D eigenvalue weighted by Gasteiger charge is 2.43. The number of furan rings is 1. The number of anilines is 2. The minimum atomic E-state index is -4.22. The third-order valence-corrected chi connectivity index (χ3v) is 4.87. The monoisotopic (exact) mass is 341 g/mol. The van der Waals surface area contributed by atoms with E-state index in [1.807, 2.05) is 4.90 Å². The van der Waals surface area contributed by atoms with Crippen LogP contribution in [0.25, 0.3) is 11.1 Å². The quantitative estimate of drug-likeness (QED) is 0.824.